The number of hydrogen-bond acceptors (Lipinski definition) is 5. The molecule has 138 valence electrons. The van der Waals surface area contributed by atoms with E-state index in [2.05, 4.69) is 43.8 Å². The van der Waals surface area contributed by atoms with Gasteiger partial charge in [0.1, 0.15) is 5.52 Å². The summed E-state index contributed by atoms with van der Waals surface area (Å²) >= 11 is 0. The maximum absolute atomic E-state index is 12.7. The van der Waals surface area contributed by atoms with Crippen molar-refractivity contribution in [3.05, 3.63) is 65.1 Å². The first-order chi connectivity index (χ1) is 13.6. The van der Waals surface area contributed by atoms with E-state index in [4.69, 9.17) is 0 Å². The summed E-state index contributed by atoms with van der Waals surface area (Å²) in [6.45, 7) is 4.20. The average molecular weight is 371 g/mol. The van der Waals surface area contributed by atoms with E-state index in [0.717, 1.165) is 22.3 Å². The Kier molecular flexibility index (Phi) is 3.58. The van der Waals surface area contributed by atoms with Crippen molar-refractivity contribution in [3.8, 4) is 17.1 Å². The lowest BCUT2D eigenvalue weighted by Crippen LogP contribution is -2.17. The SMILES string of the molecule is CC(C)c1ccccc1-n1c(=O)[nH]c2cnc(-c3cnc4nc[nH]c4c3)nc21. The highest BCUT2D eigenvalue weighted by Gasteiger charge is 2.16. The number of pyridine rings is 1. The molecular weight excluding hydrogens is 354 g/mol. The number of fused-ring (bicyclic) bond motifs is 2. The molecule has 1 aromatic carbocycles. The van der Waals surface area contributed by atoms with Crippen LogP contribution < -0.4 is 5.69 Å². The van der Waals surface area contributed by atoms with E-state index in [1.165, 1.54) is 0 Å². The van der Waals surface area contributed by atoms with E-state index >= 15 is 0 Å². The van der Waals surface area contributed by atoms with Gasteiger partial charge in [0.15, 0.2) is 17.1 Å². The van der Waals surface area contributed by atoms with Crippen LogP contribution in [0.1, 0.15) is 25.3 Å². The number of nitrogens with zero attached hydrogens (tertiary/aromatic N) is 5. The first kappa shape index (κ1) is 16.4. The molecule has 0 saturated carbocycles. The fourth-order valence-corrected chi connectivity index (χ4v) is 3.39. The maximum Gasteiger partial charge on any atom is 0.332 e. The van der Waals surface area contributed by atoms with Gasteiger partial charge in [0.05, 0.1) is 23.7 Å². The average Bonchev–Trinajstić information content (AvgIpc) is 3.29. The number of aromatic nitrogens is 7. The normalized spacial score (nSPS) is 11.7. The minimum absolute atomic E-state index is 0.239. The lowest BCUT2D eigenvalue weighted by Gasteiger charge is -2.13. The van der Waals surface area contributed by atoms with Crippen LogP contribution in [0.15, 0.2) is 53.8 Å². The summed E-state index contributed by atoms with van der Waals surface area (Å²) in [6.07, 6.45) is 4.91. The van der Waals surface area contributed by atoms with Crippen molar-refractivity contribution in [3.63, 3.8) is 0 Å². The minimum Gasteiger partial charge on any atom is -0.343 e. The van der Waals surface area contributed by atoms with Crippen molar-refractivity contribution >= 4 is 22.3 Å². The zero-order chi connectivity index (χ0) is 19.3. The Labute approximate surface area is 159 Å². The molecule has 0 spiro atoms. The van der Waals surface area contributed by atoms with Crippen LogP contribution in [0.3, 0.4) is 0 Å². The van der Waals surface area contributed by atoms with Gasteiger partial charge in [-0.1, -0.05) is 32.0 Å². The second kappa shape index (κ2) is 6.12. The lowest BCUT2D eigenvalue weighted by atomic mass is 10.0. The molecule has 0 aliphatic heterocycles. The van der Waals surface area contributed by atoms with Crippen LogP contribution in [0.4, 0.5) is 0 Å². The molecule has 0 unspecified atom stereocenters. The molecule has 4 heterocycles. The Balaban J connectivity index is 1.74. The summed E-state index contributed by atoms with van der Waals surface area (Å²) in [4.78, 5) is 36.1. The first-order valence-electron chi connectivity index (χ1n) is 8.98. The zero-order valence-electron chi connectivity index (χ0n) is 15.3. The monoisotopic (exact) mass is 371 g/mol. The van der Waals surface area contributed by atoms with Crippen LogP contribution in [0, 0.1) is 0 Å². The zero-order valence-corrected chi connectivity index (χ0v) is 15.3. The van der Waals surface area contributed by atoms with E-state index in [-0.39, 0.29) is 11.6 Å². The number of aromatic amines is 2. The molecule has 0 fully saturated rings. The molecule has 0 amide bonds. The van der Waals surface area contributed by atoms with Gasteiger partial charge in [-0.25, -0.2) is 29.3 Å². The van der Waals surface area contributed by atoms with Crippen molar-refractivity contribution < 1.29 is 0 Å². The van der Waals surface area contributed by atoms with Crippen molar-refractivity contribution in [2.24, 2.45) is 0 Å². The second-order valence-electron chi connectivity index (χ2n) is 6.91. The Bertz CT molecular complexity index is 1380. The van der Waals surface area contributed by atoms with Gasteiger partial charge in [-0.05, 0) is 23.6 Å². The van der Waals surface area contributed by atoms with Crippen molar-refractivity contribution in [1.82, 2.24) is 34.5 Å². The smallest absolute Gasteiger partial charge is 0.332 e. The van der Waals surface area contributed by atoms with Crippen LogP contribution in [0.25, 0.3) is 39.4 Å². The number of rotatable bonds is 3. The molecule has 5 rings (SSSR count). The van der Waals surface area contributed by atoms with Crippen LogP contribution in [-0.4, -0.2) is 34.5 Å². The molecule has 0 radical (unpaired) electrons. The maximum atomic E-state index is 12.7. The van der Waals surface area contributed by atoms with Gasteiger partial charge in [-0.2, -0.15) is 0 Å². The molecular formula is C20H17N7O. The van der Waals surface area contributed by atoms with E-state index < -0.39 is 0 Å². The third-order valence-electron chi connectivity index (χ3n) is 4.76. The van der Waals surface area contributed by atoms with E-state index in [1.807, 2.05) is 30.3 Å². The standard InChI is InChI=1S/C20H17N7O/c1-11(2)13-5-3-4-6-16(13)27-19-15(25-20(27)28)9-22-17(26-19)12-7-14-18(21-8-12)24-10-23-14/h3-11H,1-2H3,(H,25,28)(H,21,23,24). The van der Waals surface area contributed by atoms with Gasteiger partial charge >= 0.3 is 5.69 Å². The molecule has 0 aliphatic carbocycles. The van der Waals surface area contributed by atoms with Crippen LogP contribution in [0.5, 0.6) is 0 Å². The third-order valence-corrected chi connectivity index (χ3v) is 4.76. The number of imidazole rings is 2. The Morgan fingerprint density at radius 2 is 1.89 bits per heavy atom. The lowest BCUT2D eigenvalue weighted by molar-refractivity contribution is 0.842. The Morgan fingerprint density at radius 3 is 2.75 bits per heavy atom. The largest absolute Gasteiger partial charge is 0.343 e. The second-order valence-corrected chi connectivity index (χ2v) is 6.91. The summed E-state index contributed by atoms with van der Waals surface area (Å²) in [5.41, 5.74) is 4.96. The molecule has 8 heteroatoms. The Morgan fingerprint density at radius 1 is 1.04 bits per heavy atom. The fourth-order valence-electron chi connectivity index (χ4n) is 3.39. The van der Waals surface area contributed by atoms with Gasteiger partial charge in [0, 0.05) is 11.8 Å². The summed E-state index contributed by atoms with van der Waals surface area (Å²) in [6, 6.07) is 9.76. The minimum atomic E-state index is -0.239. The Hall–Kier alpha value is -3.81. The molecule has 0 saturated heterocycles. The summed E-state index contributed by atoms with van der Waals surface area (Å²) < 4.78 is 1.61. The number of nitrogens with one attached hydrogen (secondary N) is 2. The van der Waals surface area contributed by atoms with Crippen molar-refractivity contribution in [1.29, 1.82) is 0 Å². The van der Waals surface area contributed by atoms with Crippen molar-refractivity contribution in [2.45, 2.75) is 19.8 Å². The summed E-state index contributed by atoms with van der Waals surface area (Å²) in [5.74, 6) is 0.757. The third kappa shape index (κ3) is 2.50. The van der Waals surface area contributed by atoms with Crippen LogP contribution in [-0.2, 0) is 0 Å². The fraction of sp³-hybridized carbons (Fsp3) is 0.150. The van der Waals surface area contributed by atoms with Crippen LogP contribution >= 0.6 is 0 Å². The van der Waals surface area contributed by atoms with Gasteiger partial charge < -0.3 is 9.97 Å². The molecule has 5 aromatic rings. The summed E-state index contributed by atoms with van der Waals surface area (Å²) in [7, 11) is 0. The van der Waals surface area contributed by atoms with Gasteiger partial charge in [-0.3, -0.25) is 0 Å². The van der Waals surface area contributed by atoms with Gasteiger partial charge in [0.2, 0.25) is 0 Å². The molecule has 4 aromatic heterocycles. The predicted octanol–water partition coefficient (Wildman–Crippen LogP) is 3.17. The van der Waals surface area contributed by atoms with E-state index in [1.54, 1.807) is 23.3 Å². The number of H-pyrrole nitrogens is 2. The number of benzene rings is 1. The molecule has 0 bridgehead atoms. The first-order valence-corrected chi connectivity index (χ1v) is 8.98. The highest BCUT2D eigenvalue weighted by atomic mass is 16.1. The van der Waals surface area contributed by atoms with Gasteiger partial charge in [0.25, 0.3) is 0 Å². The molecule has 0 atom stereocenters. The molecule has 2 N–H and O–H groups in total. The molecule has 8 nitrogen and oxygen atoms in total. The highest BCUT2D eigenvalue weighted by Crippen LogP contribution is 2.25. The predicted molar refractivity (Wildman–Crippen MR) is 106 cm³/mol. The van der Waals surface area contributed by atoms with Crippen LogP contribution in [0.2, 0.25) is 0 Å². The summed E-state index contributed by atoms with van der Waals surface area (Å²) in [5, 5.41) is 0. The van der Waals surface area contributed by atoms with Gasteiger partial charge in [-0.15, -0.1) is 0 Å². The number of para-hydroxylation sites is 1. The molecule has 0 aliphatic rings. The topological polar surface area (TPSA) is 105 Å². The molecule has 28 heavy (non-hydrogen) atoms. The highest BCUT2D eigenvalue weighted by molar-refractivity contribution is 5.78. The van der Waals surface area contributed by atoms with E-state index in [0.29, 0.717) is 22.6 Å². The van der Waals surface area contributed by atoms with Crippen molar-refractivity contribution in [2.75, 3.05) is 0 Å². The van der Waals surface area contributed by atoms with E-state index in [9.17, 15) is 4.79 Å². The number of hydrogen-bond donors (Lipinski definition) is 2. The quantitative estimate of drug-likeness (QED) is 0.507.